The third-order valence-corrected chi connectivity index (χ3v) is 6.74. The number of carbonyl (C=O) groups excluding carboxylic acids is 3. The number of piperidine rings is 1. The van der Waals surface area contributed by atoms with E-state index in [0.717, 1.165) is 13.1 Å². The summed E-state index contributed by atoms with van der Waals surface area (Å²) in [6.07, 6.45) is 1.41. The topological polar surface area (TPSA) is 105 Å². The molecule has 8 nitrogen and oxygen atoms in total. The molecule has 3 aromatic carbocycles. The smallest absolute Gasteiger partial charge is 0.316 e. The number of amides is 3. The van der Waals surface area contributed by atoms with Gasteiger partial charge in [0.2, 0.25) is 0 Å². The molecule has 3 amide bonds. The van der Waals surface area contributed by atoms with Crippen molar-refractivity contribution in [2.24, 2.45) is 11.7 Å². The van der Waals surface area contributed by atoms with Crippen molar-refractivity contribution in [3.05, 3.63) is 89.7 Å². The Morgan fingerprint density at radius 3 is 2.29 bits per heavy atom. The zero-order chi connectivity index (χ0) is 27.1. The predicted molar refractivity (Wildman–Crippen MR) is 144 cm³/mol. The number of ether oxygens (including phenoxy) is 1. The summed E-state index contributed by atoms with van der Waals surface area (Å²) in [5.41, 5.74) is 7.38. The van der Waals surface area contributed by atoms with Gasteiger partial charge in [0, 0.05) is 47.6 Å². The fraction of sp³-hybridized carbons (Fsp3) is 0.276. The first-order chi connectivity index (χ1) is 18.3. The standard InChI is InChI=1S/C29H31FN4O4/c1-38-26-4-2-3-25(19-26)34(28(36)22-7-11-24(12-8-22)32-29(31)37)18-17-33-15-13-21(14-16-33)27(35)20-5-9-23(30)10-6-20/h2-12,19,21H,13-18H2,1H3,(H3,31,32,37). The van der Waals surface area contributed by atoms with Crippen molar-refractivity contribution in [1.29, 1.82) is 0 Å². The number of rotatable bonds is 9. The summed E-state index contributed by atoms with van der Waals surface area (Å²) in [5, 5.41) is 2.49. The molecule has 0 saturated carbocycles. The summed E-state index contributed by atoms with van der Waals surface area (Å²) in [6, 6.07) is 18.9. The molecular weight excluding hydrogens is 487 g/mol. The number of hydrogen-bond acceptors (Lipinski definition) is 5. The molecule has 4 rings (SSSR count). The lowest BCUT2D eigenvalue weighted by Crippen LogP contribution is -2.42. The van der Waals surface area contributed by atoms with Crippen molar-refractivity contribution in [3.63, 3.8) is 0 Å². The van der Waals surface area contributed by atoms with Crippen molar-refractivity contribution in [1.82, 2.24) is 4.90 Å². The Kier molecular flexibility index (Phi) is 8.70. The van der Waals surface area contributed by atoms with Gasteiger partial charge < -0.3 is 25.6 Å². The lowest BCUT2D eigenvalue weighted by atomic mass is 9.89. The van der Waals surface area contributed by atoms with E-state index in [2.05, 4.69) is 10.2 Å². The molecule has 0 atom stereocenters. The van der Waals surface area contributed by atoms with Gasteiger partial charge in [-0.3, -0.25) is 9.59 Å². The van der Waals surface area contributed by atoms with Crippen molar-refractivity contribution in [2.75, 3.05) is 43.5 Å². The lowest BCUT2D eigenvalue weighted by Gasteiger charge is -2.33. The van der Waals surface area contributed by atoms with Gasteiger partial charge >= 0.3 is 6.03 Å². The van der Waals surface area contributed by atoms with Gasteiger partial charge in [0.25, 0.3) is 5.91 Å². The summed E-state index contributed by atoms with van der Waals surface area (Å²) in [7, 11) is 1.58. The van der Waals surface area contributed by atoms with Gasteiger partial charge in [-0.1, -0.05) is 6.07 Å². The molecule has 0 aromatic heterocycles. The maximum atomic E-state index is 13.6. The number of likely N-dealkylation sites (tertiary alicyclic amines) is 1. The second-order valence-electron chi connectivity index (χ2n) is 9.21. The minimum atomic E-state index is -0.676. The molecule has 38 heavy (non-hydrogen) atoms. The Balaban J connectivity index is 1.42. The number of nitrogens with zero attached hydrogens (tertiary/aromatic N) is 2. The molecule has 198 valence electrons. The minimum Gasteiger partial charge on any atom is -0.497 e. The van der Waals surface area contributed by atoms with Gasteiger partial charge in [0.05, 0.1) is 7.11 Å². The van der Waals surface area contributed by atoms with E-state index < -0.39 is 6.03 Å². The highest BCUT2D eigenvalue weighted by atomic mass is 19.1. The number of anilines is 2. The van der Waals surface area contributed by atoms with E-state index >= 15 is 0 Å². The lowest BCUT2D eigenvalue weighted by molar-refractivity contribution is 0.0841. The van der Waals surface area contributed by atoms with Crippen molar-refractivity contribution < 1.29 is 23.5 Å². The van der Waals surface area contributed by atoms with Crippen molar-refractivity contribution in [2.45, 2.75) is 12.8 Å². The van der Waals surface area contributed by atoms with E-state index in [-0.39, 0.29) is 23.4 Å². The van der Waals surface area contributed by atoms with Crippen LogP contribution in [0.25, 0.3) is 0 Å². The van der Waals surface area contributed by atoms with Crippen LogP contribution in [0.1, 0.15) is 33.6 Å². The van der Waals surface area contributed by atoms with Gasteiger partial charge in [-0.25, -0.2) is 9.18 Å². The predicted octanol–water partition coefficient (Wildman–Crippen LogP) is 4.57. The quantitative estimate of drug-likeness (QED) is 0.404. The first kappa shape index (κ1) is 26.8. The molecule has 1 heterocycles. The van der Waals surface area contributed by atoms with Crippen molar-refractivity contribution in [3.8, 4) is 5.75 Å². The molecule has 1 aliphatic heterocycles. The van der Waals surface area contributed by atoms with Crippen LogP contribution in [-0.2, 0) is 0 Å². The molecule has 3 N–H and O–H groups in total. The molecule has 3 aromatic rings. The Morgan fingerprint density at radius 1 is 1.00 bits per heavy atom. The molecule has 0 aliphatic carbocycles. The summed E-state index contributed by atoms with van der Waals surface area (Å²) in [6.45, 7) is 2.52. The maximum absolute atomic E-state index is 13.6. The van der Waals surface area contributed by atoms with Crippen LogP contribution in [0.15, 0.2) is 72.8 Å². The van der Waals surface area contributed by atoms with Crippen LogP contribution in [0, 0.1) is 11.7 Å². The number of ketones is 1. The highest BCUT2D eigenvalue weighted by Gasteiger charge is 2.27. The zero-order valence-electron chi connectivity index (χ0n) is 21.2. The molecule has 1 saturated heterocycles. The Hall–Kier alpha value is -4.24. The van der Waals surface area contributed by atoms with E-state index in [1.165, 1.54) is 24.3 Å². The third-order valence-electron chi connectivity index (χ3n) is 6.74. The van der Waals surface area contributed by atoms with Crippen LogP contribution in [-0.4, -0.2) is 55.9 Å². The number of halogens is 1. The number of nitrogens with two attached hydrogens (primary N) is 1. The van der Waals surface area contributed by atoms with E-state index in [9.17, 15) is 18.8 Å². The zero-order valence-corrected chi connectivity index (χ0v) is 21.2. The number of benzene rings is 3. The van der Waals surface area contributed by atoms with Crippen molar-refractivity contribution >= 4 is 29.1 Å². The number of hydrogen-bond donors (Lipinski definition) is 2. The number of carbonyl (C=O) groups is 3. The fourth-order valence-corrected chi connectivity index (χ4v) is 4.63. The molecule has 1 fully saturated rings. The van der Waals surface area contributed by atoms with Crippen LogP contribution in [0.4, 0.5) is 20.6 Å². The van der Waals surface area contributed by atoms with Gasteiger partial charge in [-0.05, 0) is 86.6 Å². The number of Topliss-reactive ketones (excluding diaryl/α,β-unsaturated/α-hetero) is 1. The Bertz CT molecular complexity index is 1270. The third kappa shape index (κ3) is 6.74. The number of nitrogens with one attached hydrogen (secondary N) is 1. The monoisotopic (exact) mass is 518 g/mol. The number of methoxy groups -OCH3 is 1. The second-order valence-corrected chi connectivity index (χ2v) is 9.21. The van der Waals surface area contributed by atoms with Gasteiger partial charge in [-0.15, -0.1) is 0 Å². The highest BCUT2D eigenvalue weighted by molar-refractivity contribution is 6.06. The molecular formula is C29H31FN4O4. The molecule has 1 aliphatic rings. The Labute approximate surface area is 221 Å². The van der Waals surface area contributed by atoms with Gasteiger partial charge in [0.1, 0.15) is 11.6 Å². The summed E-state index contributed by atoms with van der Waals surface area (Å²) in [5.74, 6) is 0.0453. The average molecular weight is 519 g/mol. The van der Waals surface area contributed by atoms with E-state index in [1.807, 2.05) is 24.3 Å². The summed E-state index contributed by atoms with van der Waals surface area (Å²) < 4.78 is 18.6. The van der Waals surface area contributed by atoms with E-state index in [1.54, 1.807) is 36.3 Å². The average Bonchev–Trinajstić information content (AvgIpc) is 2.93. The van der Waals surface area contributed by atoms with Gasteiger partial charge in [0.15, 0.2) is 5.78 Å². The number of urea groups is 1. The SMILES string of the molecule is COc1cccc(N(CCN2CCC(C(=O)c3ccc(F)cc3)CC2)C(=O)c2ccc(NC(N)=O)cc2)c1. The first-order valence-electron chi connectivity index (χ1n) is 12.5. The first-order valence-corrected chi connectivity index (χ1v) is 12.5. The fourth-order valence-electron chi connectivity index (χ4n) is 4.63. The Morgan fingerprint density at radius 2 is 1.66 bits per heavy atom. The van der Waals surface area contributed by atoms with Crippen LogP contribution >= 0.6 is 0 Å². The minimum absolute atomic E-state index is 0.0482. The summed E-state index contributed by atoms with van der Waals surface area (Å²) in [4.78, 5) is 41.4. The van der Waals surface area contributed by atoms with E-state index in [4.69, 9.17) is 10.5 Å². The van der Waals surface area contributed by atoms with Crippen LogP contribution in [0.2, 0.25) is 0 Å². The summed E-state index contributed by atoms with van der Waals surface area (Å²) >= 11 is 0. The number of primary amides is 1. The normalized spacial score (nSPS) is 14.1. The maximum Gasteiger partial charge on any atom is 0.316 e. The molecule has 0 bridgehead atoms. The van der Waals surface area contributed by atoms with Crippen LogP contribution in [0.3, 0.4) is 0 Å². The molecule has 0 radical (unpaired) electrons. The second kappa shape index (κ2) is 12.3. The molecule has 0 unspecified atom stereocenters. The van der Waals surface area contributed by atoms with Gasteiger partial charge in [-0.2, -0.15) is 0 Å². The van der Waals surface area contributed by atoms with E-state index in [0.29, 0.717) is 54.2 Å². The largest absolute Gasteiger partial charge is 0.497 e. The molecule has 9 heteroatoms. The van der Waals surface area contributed by atoms with Crippen LogP contribution < -0.4 is 20.7 Å². The molecule has 0 spiro atoms. The van der Waals surface area contributed by atoms with Crippen LogP contribution in [0.5, 0.6) is 5.75 Å². The highest BCUT2D eigenvalue weighted by Crippen LogP contribution is 2.25.